The van der Waals surface area contributed by atoms with Crippen molar-refractivity contribution in [2.75, 3.05) is 31.6 Å². The number of amides is 1. The molecule has 25 heavy (non-hydrogen) atoms. The third kappa shape index (κ3) is 6.19. The molecule has 0 heterocycles. The Hall–Kier alpha value is -1.26. The molecule has 0 atom stereocenters. The first-order valence-corrected chi connectivity index (χ1v) is 9.49. The molecule has 1 amide bonds. The van der Waals surface area contributed by atoms with Crippen LogP contribution in [0.25, 0.3) is 0 Å². The van der Waals surface area contributed by atoms with Gasteiger partial charge in [0, 0.05) is 5.69 Å². The molecule has 0 unspecified atom stereocenters. The number of nitrogens with one attached hydrogen (secondary N) is 1. The van der Waals surface area contributed by atoms with Crippen LogP contribution in [0.4, 0.5) is 5.69 Å². The topological polar surface area (TPSA) is 41.6 Å². The predicted molar refractivity (Wildman–Crippen MR) is 107 cm³/mol. The number of fused-ring (bicyclic) bond motifs is 1. The molecule has 0 saturated carbocycles. The van der Waals surface area contributed by atoms with Crippen molar-refractivity contribution >= 4 is 24.0 Å². The predicted octanol–water partition coefficient (Wildman–Crippen LogP) is 4.45. The summed E-state index contributed by atoms with van der Waals surface area (Å²) >= 11 is 0. The number of rotatable bonds is 9. The van der Waals surface area contributed by atoms with E-state index in [1.54, 1.807) is 0 Å². The van der Waals surface area contributed by atoms with Gasteiger partial charge in [-0.05, 0) is 68.5 Å². The largest absolute Gasteiger partial charge is 0.493 e. The van der Waals surface area contributed by atoms with Crippen molar-refractivity contribution in [1.29, 1.82) is 0 Å². The highest BCUT2D eigenvalue weighted by molar-refractivity contribution is 5.93. The summed E-state index contributed by atoms with van der Waals surface area (Å²) in [5, 5.41) is 3.13. The lowest BCUT2D eigenvalue weighted by Gasteiger charge is -2.24. The Morgan fingerprint density at radius 1 is 1.12 bits per heavy atom. The molecule has 1 aromatic carbocycles. The molecule has 0 aliphatic heterocycles. The molecular weight excluding hydrogens is 336 g/mol. The first kappa shape index (κ1) is 21.8. The van der Waals surface area contributed by atoms with E-state index >= 15 is 0 Å². The molecule has 0 bridgehead atoms. The van der Waals surface area contributed by atoms with Gasteiger partial charge in [-0.2, -0.15) is 0 Å². The van der Waals surface area contributed by atoms with E-state index in [4.69, 9.17) is 4.74 Å². The Kier molecular flexibility index (Phi) is 9.91. The third-order valence-corrected chi connectivity index (χ3v) is 4.78. The maximum atomic E-state index is 12.3. The summed E-state index contributed by atoms with van der Waals surface area (Å²) in [4.78, 5) is 14.5. The number of benzene rings is 1. The van der Waals surface area contributed by atoms with Crippen LogP contribution in [-0.4, -0.2) is 37.0 Å². The molecule has 1 aliphatic rings. The average Bonchev–Trinajstić information content (AvgIpc) is 2.61. The number of anilines is 1. The van der Waals surface area contributed by atoms with Crippen molar-refractivity contribution in [2.24, 2.45) is 0 Å². The van der Waals surface area contributed by atoms with Crippen molar-refractivity contribution in [3.63, 3.8) is 0 Å². The SMILES string of the molecule is CCCCOc1ccc(NC(=O)CN(CC)CC)c2c1CCCC2.Cl. The van der Waals surface area contributed by atoms with Gasteiger partial charge in [0.25, 0.3) is 0 Å². The van der Waals surface area contributed by atoms with E-state index in [9.17, 15) is 4.79 Å². The Labute approximate surface area is 158 Å². The van der Waals surface area contributed by atoms with Crippen LogP contribution in [0.15, 0.2) is 12.1 Å². The summed E-state index contributed by atoms with van der Waals surface area (Å²) in [6, 6.07) is 4.05. The van der Waals surface area contributed by atoms with Crippen molar-refractivity contribution in [2.45, 2.75) is 59.3 Å². The van der Waals surface area contributed by atoms with E-state index in [1.165, 1.54) is 24.0 Å². The number of unbranched alkanes of at least 4 members (excludes halogenated alkanes) is 1. The Balaban J connectivity index is 0.00000312. The average molecular weight is 369 g/mol. The fourth-order valence-electron chi connectivity index (χ4n) is 3.25. The van der Waals surface area contributed by atoms with Gasteiger partial charge >= 0.3 is 0 Å². The number of carbonyl (C=O) groups is 1. The van der Waals surface area contributed by atoms with Crippen molar-refractivity contribution < 1.29 is 9.53 Å². The summed E-state index contributed by atoms with van der Waals surface area (Å²) in [7, 11) is 0. The van der Waals surface area contributed by atoms with Crippen molar-refractivity contribution in [3.05, 3.63) is 23.3 Å². The van der Waals surface area contributed by atoms with E-state index in [0.717, 1.165) is 56.8 Å². The van der Waals surface area contributed by atoms with Gasteiger partial charge < -0.3 is 10.1 Å². The van der Waals surface area contributed by atoms with Gasteiger partial charge in [-0.25, -0.2) is 0 Å². The quantitative estimate of drug-likeness (QED) is 0.655. The third-order valence-electron chi connectivity index (χ3n) is 4.78. The Morgan fingerprint density at radius 2 is 1.80 bits per heavy atom. The Bertz CT molecular complexity index is 545. The molecule has 2 rings (SSSR count). The van der Waals surface area contributed by atoms with Gasteiger partial charge in [0.1, 0.15) is 5.75 Å². The number of hydrogen-bond donors (Lipinski definition) is 1. The van der Waals surface area contributed by atoms with Crippen molar-refractivity contribution in [1.82, 2.24) is 4.90 Å². The number of nitrogens with zero attached hydrogens (tertiary/aromatic N) is 1. The second kappa shape index (κ2) is 11.4. The minimum atomic E-state index is 0. The van der Waals surface area contributed by atoms with Crippen LogP contribution in [0, 0.1) is 0 Å². The fourth-order valence-corrected chi connectivity index (χ4v) is 3.25. The highest BCUT2D eigenvalue weighted by Gasteiger charge is 2.19. The first-order valence-electron chi connectivity index (χ1n) is 9.49. The van der Waals surface area contributed by atoms with E-state index in [1.807, 2.05) is 12.1 Å². The second-order valence-corrected chi connectivity index (χ2v) is 6.49. The maximum absolute atomic E-state index is 12.3. The number of carbonyl (C=O) groups excluding carboxylic acids is 1. The monoisotopic (exact) mass is 368 g/mol. The highest BCUT2D eigenvalue weighted by Crippen LogP contribution is 2.35. The second-order valence-electron chi connectivity index (χ2n) is 6.49. The van der Waals surface area contributed by atoms with Gasteiger partial charge in [-0.15, -0.1) is 12.4 Å². The van der Waals surface area contributed by atoms with E-state index in [0.29, 0.717) is 6.54 Å². The molecule has 1 aliphatic carbocycles. The lowest BCUT2D eigenvalue weighted by atomic mass is 9.89. The standard InChI is InChI=1S/C20H32N2O2.ClH/c1-4-7-14-24-19-13-12-18(16-10-8-9-11-17(16)19)21-20(23)15-22(5-2)6-3;/h12-13H,4-11,14-15H2,1-3H3,(H,21,23);1H. The molecule has 0 fully saturated rings. The number of ether oxygens (including phenoxy) is 1. The zero-order chi connectivity index (χ0) is 17.4. The van der Waals surface area contributed by atoms with E-state index in [2.05, 4.69) is 31.0 Å². The van der Waals surface area contributed by atoms with Gasteiger partial charge in [0.2, 0.25) is 5.91 Å². The minimum absolute atomic E-state index is 0. The minimum Gasteiger partial charge on any atom is -0.493 e. The number of likely N-dealkylation sites (N-methyl/N-ethyl adjacent to an activating group) is 1. The molecule has 0 saturated heterocycles. The molecule has 5 heteroatoms. The molecule has 0 spiro atoms. The molecule has 142 valence electrons. The van der Waals surface area contributed by atoms with E-state index < -0.39 is 0 Å². The lowest BCUT2D eigenvalue weighted by Crippen LogP contribution is -2.33. The number of halogens is 1. The summed E-state index contributed by atoms with van der Waals surface area (Å²) in [5.74, 6) is 1.09. The fraction of sp³-hybridized carbons (Fsp3) is 0.650. The summed E-state index contributed by atoms with van der Waals surface area (Å²) in [6.07, 6.45) is 6.69. The van der Waals surface area contributed by atoms with Gasteiger partial charge in [-0.1, -0.05) is 27.2 Å². The van der Waals surface area contributed by atoms with Gasteiger partial charge in [0.15, 0.2) is 0 Å². The molecule has 1 aromatic rings. The molecule has 1 N–H and O–H groups in total. The van der Waals surface area contributed by atoms with Crippen LogP contribution in [-0.2, 0) is 17.6 Å². The zero-order valence-electron chi connectivity index (χ0n) is 15.9. The van der Waals surface area contributed by atoms with Crippen molar-refractivity contribution in [3.8, 4) is 5.75 Å². The van der Waals surface area contributed by atoms with Crippen LogP contribution in [0.5, 0.6) is 5.75 Å². The van der Waals surface area contributed by atoms with Gasteiger partial charge in [-0.3, -0.25) is 9.69 Å². The lowest BCUT2D eigenvalue weighted by molar-refractivity contribution is -0.117. The number of hydrogen-bond acceptors (Lipinski definition) is 3. The molecule has 4 nitrogen and oxygen atoms in total. The summed E-state index contributed by atoms with van der Waals surface area (Å²) < 4.78 is 5.98. The summed E-state index contributed by atoms with van der Waals surface area (Å²) in [5.41, 5.74) is 3.56. The van der Waals surface area contributed by atoms with Gasteiger partial charge in [0.05, 0.1) is 13.2 Å². The highest BCUT2D eigenvalue weighted by atomic mass is 35.5. The summed E-state index contributed by atoms with van der Waals surface area (Å²) in [6.45, 7) is 9.36. The molecule has 0 aromatic heterocycles. The molecule has 0 radical (unpaired) electrons. The molecular formula is C20H33ClN2O2. The van der Waals surface area contributed by atoms with E-state index in [-0.39, 0.29) is 18.3 Å². The normalized spacial score (nSPS) is 13.1. The van der Waals surface area contributed by atoms with Crippen LogP contribution < -0.4 is 10.1 Å². The maximum Gasteiger partial charge on any atom is 0.238 e. The zero-order valence-corrected chi connectivity index (χ0v) is 16.7. The first-order chi connectivity index (χ1) is 11.7. The van der Waals surface area contributed by atoms with Crippen LogP contribution in [0.3, 0.4) is 0 Å². The van der Waals surface area contributed by atoms with Crippen LogP contribution in [0.1, 0.15) is 57.6 Å². The van der Waals surface area contributed by atoms with Crippen LogP contribution >= 0.6 is 12.4 Å². The van der Waals surface area contributed by atoms with Crippen LogP contribution in [0.2, 0.25) is 0 Å². The Morgan fingerprint density at radius 3 is 2.44 bits per heavy atom. The smallest absolute Gasteiger partial charge is 0.238 e.